The van der Waals surface area contributed by atoms with Crippen LogP contribution in [0.5, 0.6) is 5.75 Å². The van der Waals surface area contributed by atoms with Crippen molar-refractivity contribution in [2.45, 2.75) is 13.1 Å². The lowest BCUT2D eigenvalue weighted by atomic mass is 10.1. The van der Waals surface area contributed by atoms with Crippen LogP contribution in [-0.4, -0.2) is 27.8 Å². The number of hydrogen-bond donors (Lipinski definition) is 1. The van der Waals surface area contributed by atoms with Gasteiger partial charge in [-0.2, -0.15) is 5.10 Å². The van der Waals surface area contributed by atoms with Gasteiger partial charge in [-0.15, -0.1) is 11.3 Å². The van der Waals surface area contributed by atoms with Crippen LogP contribution >= 0.6 is 11.3 Å². The number of rotatable bonds is 7. The first kappa shape index (κ1) is 20.9. The standard InChI is InChI=1S/C26H22N4O2S/c1-32-20-11-7-10-19(14-20)25-21(17-30(29-25)16-18-8-3-2-4-9-18)26(31)27-15-24-28-22-12-5-6-13-23(22)33-24/h2-14,17H,15-16H2,1H3,(H,27,31). The Kier molecular flexibility index (Phi) is 5.87. The van der Waals surface area contributed by atoms with E-state index in [9.17, 15) is 4.79 Å². The molecule has 0 spiro atoms. The number of nitrogens with zero attached hydrogens (tertiary/aromatic N) is 3. The van der Waals surface area contributed by atoms with Gasteiger partial charge in [-0.05, 0) is 29.8 Å². The van der Waals surface area contributed by atoms with Crippen LogP contribution in [0.15, 0.2) is 85.1 Å². The summed E-state index contributed by atoms with van der Waals surface area (Å²) in [6, 6.07) is 25.6. The number of para-hydroxylation sites is 1. The van der Waals surface area contributed by atoms with Gasteiger partial charge in [0.25, 0.3) is 5.91 Å². The summed E-state index contributed by atoms with van der Waals surface area (Å²) in [4.78, 5) is 17.8. The Morgan fingerprint density at radius 3 is 2.67 bits per heavy atom. The maximum absolute atomic E-state index is 13.2. The van der Waals surface area contributed by atoms with Crippen LogP contribution in [0.1, 0.15) is 20.9 Å². The molecule has 0 radical (unpaired) electrons. The number of benzene rings is 3. The van der Waals surface area contributed by atoms with Gasteiger partial charge in [0.1, 0.15) is 16.5 Å². The minimum Gasteiger partial charge on any atom is -0.497 e. The third-order valence-corrected chi connectivity index (χ3v) is 6.31. The zero-order valence-electron chi connectivity index (χ0n) is 18.1. The molecular weight excluding hydrogens is 432 g/mol. The molecule has 5 aromatic rings. The van der Waals surface area contributed by atoms with Crippen molar-refractivity contribution in [3.05, 3.63) is 101 Å². The highest BCUT2D eigenvalue weighted by atomic mass is 32.1. The molecule has 0 fully saturated rings. The third-order valence-electron chi connectivity index (χ3n) is 5.28. The summed E-state index contributed by atoms with van der Waals surface area (Å²) in [5, 5.41) is 8.63. The van der Waals surface area contributed by atoms with Crippen molar-refractivity contribution in [3.8, 4) is 17.0 Å². The summed E-state index contributed by atoms with van der Waals surface area (Å²) in [5.41, 5.74) is 4.01. The largest absolute Gasteiger partial charge is 0.497 e. The van der Waals surface area contributed by atoms with Gasteiger partial charge in [-0.1, -0.05) is 54.6 Å². The van der Waals surface area contributed by atoms with Crippen LogP contribution in [0.4, 0.5) is 0 Å². The number of amides is 1. The van der Waals surface area contributed by atoms with Gasteiger partial charge in [0.15, 0.2) is 0 Å². The fraction of sp³-hybridized carbons (Fsp3) is 0.115. The number of carbonyl (C=O) groups excluding carboxylic acids is 1. The number of methoxy groups -OCH3 is 1. The number of carbonyl (C=O) groups is 1. The molecule has 7 heteroatoms. The second kappa shape index (κ2) is 9.26. The van der Waals surface area contributed by atoms with Crippen molar-refractivity contribution in [2.75, 3.05) is 7.11 Å². The van der Waals surface area contributed by atoms with Crippen molar-refractivity contribution < 1.29 is 9.53 Å². The average molecular weight is 455 g/mol. The normalized spacial score (nSPS) is 10.9. The number of hydrogen-bond acceptors (Lipinski definition) is 5. The molecule has 0 aliphatic rings. The molecule has 6 nitrogen and oxygen atoms in total. The third kappa shape index (κ3) is 4.63. The first-order valence-electron chi connectivity index (χ1n) is 10.6. The highest BCUT2D eigenvalue weighted by Gasteiger charge is 2.19. The summed E-state index contributed by atoms with van der Waals surface area (Å²) < 4.78 is 8.28. The average Bonchev–Trinajstić information content (AvgIpc) is 3.47. The number of aromatic nitrogens is 3. The highest BCUT2D eigenvalue weighted by Crippen LogP contribution is 2.27. The molecule has 1 N–H and O–H groups in total. The summed E-state index contributed by atoms with van der Waals surface area (Å²) >= 11 is 1.58. The molecule has 1 amide bonds. The van der Waals surface area contributed by atoms with E-state index in [1.54, 1.807) is 29.3 Å². The maximum Gasteiger partial charge on any atom is 0.255 e. The fourth-order valence-corrected chi connectivity index (χ4v) is 4.58. The lowest BCUT2D eigenvalue weighted by molar-refractivity contribution is 0.0951. The molecule has 0 bridgehead atoms. The molecule has 0 aliphatic carbocycles. The molecule has 5 rings (SSSR count). The van der Waals surface area contributed by atoms with E-state index in [0.29, 0.717) is 30.1 Å². The van der Waals surface area contributed by atoms with Crippen molar-refractivity contribution in [3.63, 3.8) is 0 Å². The Morgan fingerprint density at radius 2 is 1.85 bits per heavy atom. The number of ether oxygens (including phenoxy) is 1. The molecule has 2 aromatic heterocycles. The van der Waals surface area contributed by atoms with E-state index in [1.807, 2.05) is 78.9 Å². The molecule has 0 saturated heterocycles. The van der Waals surface area contributed by atoms with Gasteiger partial charge in [0.05, 0.1) is 36.0 Å². The Balaban J connectivity index is 1.43. The summed E-state index contributed by atoms with van der Waals surface area (Å²) in [6.45, 7) is 0.933. The minimum absolute atomic E-state index is 0.189. The molecule has 33 heavy (non-hydrogen) atoms. The quantitative estimate of drug-likeness (QED) is 0.369. The topological polar surface area (TPSA) is 69.0 Å². The molecule has 0 saturated carbocycles. The minimum atomic E-state index is -0.189. The van der Waals surface area contributed by atoms with Crippen LogP contribution in [0, 0.1) is 0 Å². The predicted molar refractivity (Wildman–Crippen MR) is 131 cm³/mol. The Labute approximate surface area is 195 Å². The zero-order chi connectivity index (χ0) is 22.6. The van der Waals surface area contributed by atoms with E-state index in [-0.39, 0.29) is 5.91 Å². The number of thiazole rings is 1. The lowest BCUT2D eigenvalue weighted by Crippen LogP contribution is -2.23. The van der Waals surface area contributed by atoms with Gasteiger partial charge >= 0.3 is 0 Å². The molecule has 2 heterocycles. The van der Waals surface area contributed by atoms with E-state index < -0.39 is 0 Å². The summed E-state index contributed by atoms with van der Waals surface area (Å²) in [7, 11) is 1.62. The van der Waals surface area contributed by atoms with Crippen LogP contribution in [0.25, 0.3) is 21.5 Å². The van der Waals surface area contributed by atoms with E-state index >= 15 is 0 Å². The molecule has 0 atom stereocenters. The van der Waals surface area contributed by atoms with Crippen molar-refractivity contribution in [2.24, 2.45) is 0 Å². The highest BCUT2D eigenvalue weighted by molar-refractivity contribution is 7.18. The molecule has 0 unspecified atom stereocenters. The molecule has 164 valence electrons. The van der Waals surface area contributed by atoms with Gasteiger partial charge in [-0.25, -0.2) is 4.98 Å². The first-order valence-corrected chi connectivity index (χ1v) is 11.4. The summed E-state index contributed by atoms with van der Waals surface area (Å²) in [5.74, 6) is 0.525. The van der Waals surface area contributed by atoms with Crippen LogP contribution in [0.3, 0.4) is 0 Å². The Hall–Kier alpha value is -3.97. The van der Waals surface area contributed by atoms with Crippen molar-refractivity contribution in [1.29, 1.82) is 0 Å². The van der Waals surface area contributed by atoms with Crippen molar-refractivity contribution in [1.82, 2.24) is 20.1 Å². The Morgan fingerprint density at radius 1 is 1.03 bits per heavy atom. The van der Waals surface area contributed by atoms with Gasteiger partial charge in [-0.3, -0.25) is 9.48 Å². The number of fused-ring (bicyclic) bond motifs is 1. The predicted octanol–water partition coefficient (Wildman–Crippen LogP) is 5.15. The van der Waals surface area contributed by atoms with Crippen LogP contribution in [0.2, 0.25) is 0 Å². The fourth-order valence-electron chi connectivity index (χ4n) is 3.67. The van der Waals surface area contributed by atoms with E-state index in [2.05, 4.69) is 10.3 Å². The van der Waals surface area contributed by atoms with Crippen LogP contribution in [-0.2, 0) is 13.1 Å². The molecule has 3 aromatic carbocycles. The Bertz CT molecular complexity index is 1380. The number of nitrogens with one attached hydrogen (secondary N) is 1. The van der Waals surface area contributed by atoms with Crippen LogP contribution < -0.4 is 10.1 Å². The SMILES string of the molecule is COc1cccc(-c2nn(Cc3ccccc3)cc2C(=O)NCc2nc3ccccc3s2)c1. The smallest absolute Gasteiger partial charge is 0.255 e. The van der Waals surface area contributed by atoms with E-state index in [0.717, 1.165) is 26.4 Å². The second-order valence-corrected chi connectivity index (χ2v) is 8.68. The van der Waals surface area contributed by atoms with Gasteiger partial charge in [0.2, 0.25) is 0 Å². The zero-order valence-corrected chi connectivity index (χ0v) is 18.9. The van der Waals surface area contributed by atoms with E-state index in [1.165, 1.54) is 0 Å². The van der Waals surface area contributed by atoms with Gasteiger partial charge in [0, 0.05) is 11.8 Å². The molecule has 0 aliphatic heterocycles. The van der Waals surface area contributed by atoms with Gasteiger partial charge < -0.3 is 10.1 Å². The summed E-state index contributed by atoms with van der Waals surface area (Å²) in [6.07, 6.45) is 1.80. The van der Waals surface area contributed by atoms with Crippen molar-refractivity contribution >= 4 is 27.5 Å². The maximum atomic E-state index is 13.2. The first-order chi connectivity index (χ1) is 16.2. The monoisotopic (exact) mass is 454 g/mol. The van der Waals surface area contributed by atoms with E-state index in [4.69, 9.17) is 9.84 Å². The lowest BCUT2D eigenvalue weighted by Gasteiger charge is -2.05. The second-order valence-electron chi connectivity index (χ2n) is 7.56. The molecular formula is C26H22N4O2S.